The molecule has 8 nitrogen and oxygen atoms in total. The van der Waals surface area contributed by atoms with Gasteiger partial charge in [0.25, 0.3) is 5.91 Å². The van der Waals surface area contributed by atoms with E-state index in [1.165, 1.54) is 22.6 Å². The van der Waals surface area contributed by atoms with Gasteiger partial charge in [0.1, 0.15) is 36.1 Å². The van der Waals surface area contributed by atoms with Crippen LogP contribution in [-0.4, -0.2) is 59.2 Å². The molecular formula is C31H33FN4O4. The molecule has 2 N–H and O–H groups in total. The molecule has 0 bridgehead atoms. The molecule has 0 radical (unpaired) electrons. The van der Waals surface area contributed by atoms with Crippen LogP contribution in [0.5, 0.6) is 11.5 Å². The second-order valence-corrected chi connectivity index (χ2v) is 9.85. The quantitative estimate of drug-likeness (QED) is 0.265. The fourth-order valence-electron chi connectivity index (χ4n) is 4.10. The Morgan fingerprint density at radius 1 is 0.950 bits per heavy atom. The van der Waals surface area contributed by atoms with E-state index in [0.29, 0.717) is 35.0 Å². The Hall–Kier alpha value is -4.66. The first kappa shape index (κ1) is 28.4. The summed E-state index contributed by atoms with van der Waals surface area (Å²) in [6.45, 7) is 5.83. The van der Waals surface area contributed by atoms with Gasteiger partial charge < -0.3 is 24.8 Å². The van der Waals surface area contributed by atoms with Gasteiger partial charge in [-0.3, -0.25) is 14.4 Å². The van der Waals surface area contributed by atoms with Crippen LogP contribution < -0.4 is 10.1 Å². The molecule has 0 spiro atoms. The van der Waals surface area contributed by atoms with Crippen molar-refractivity contribution in [2.45, 2.75) is 26.7 Å². The largest absolute Gasteiger partial charge is 0.457 e. The van der Waals surface area contributed by atoms with Crippen LogP contribution in [-0.2, 0) is 9.59 Å². The third-order valence-corrected chi connectivity index (χ3v) is 6.60. The smallest absolute Gasteiger partial charge is 0.271 e. The number of nitrogens with one attached hydrogen (secondary N) is 2. The number of fused-ring (bicyclic) bond motifs is 1. The van der Waals surface area contributed by atoms with Crippen molar-refractivity contribution in [1.82, 2.24) is 14.8 Å². The molecule has 0 aliphatic rings. The van der Waals surface area contributed by atoms with E-state index >= 15 is 0 Å². The summed E-state index contributed by atoms with van der Waals surface area (Å²) < 4.78 is 20.1. The zero-order valence-corrected chi connectivity index (χ0v) is 23.0. The Bertz CT molecular complexity index is 1500. The Morgan fingerprint density at radius 2 is 1.60 bits per heavy atom. The lowest BCUT2D eigenvalue weighted by atomic mass is 10.0. The summed E-state index contributed by atoms with van der Waals surface area (Å²) in [4.78, 5) is 44.3. The lowest BCUT2D eigenvalue weighted by Gasteiger charge is -2.24. The van der Waals surface area contributed by atoms with Crippen molar-refractivity contribution in [2.75, 3.05) is 32.0 Å². The number of carbonyl (C=O) groups is 3. The first-order valence-electron chi connectivity index (χ1n) is 13.1. The van der Waals surface area contributed by atoms with Gasteiger partial charge >= 0.3 is 0 Å². The van der Waals surface area contributed by atoms with E-state index in [1.54, 1.807) is 43.4 Å². The van der Waals surface area contributed by atoms with Crippen molar-refractivity contribution in [2.24, 2.45) is 0 Å². The minimum Gasteiger partial charge on any atom is -0.457 e. The van der Waals surface area contributed by atoms with E-state index in [9.17, 15) is 18.8 Å². The number of benzene rings is 3. The summed E-state index contributed by atoms with van der Waals surface area (Å²) in [5.74, 6) is -0.160. The number of hydrogen-bond donors (Lipinski definition) is 2. The summed E-state index contributed by atoms with van der Waals surface area (Å²) in [6.07, 6.45) is 0. The maximum atomic E-state index is 14.2. The van der Waals surface area contributed by atoms with Crippen LogP contribution in [0.15, 0.2) is 72.8 Å². The standard InChI is InChI=1S/C31H33FN4O4/c1-5-35(4)29(38)19-36(31(39)27-17-22-7-6-8-26(32)30(22)34-27)18-28(37)33-23-11-15-25(16-12-23)40-24-13-9-21(10-14-24)20(2)3/h6-17,20,34H,5,18-19H2,1-4H3,(H,33,37). The number of halogens is 1. The number of carbonyl (C=O) groups excluding carboxylic acids is 3. The number of likely N-dealkylation sites (N-methyl/N-ethyl adjacent to an activating group) is 1. The highest BCUT2D eigenvalue weighted by molar-refractivity contribution is 6.02. The van der Waals surface area contributed by atoms with Crippen LogP contribution in [0.4, 0.5) is 10.1 Å². The van der Waals surface area contributed by atoms with Crippen molar-refractivity contribution in [3.05, 3.63) is 89.9 Å². The topological polar surface area (TPSA) is 94.7 Å². The van der Waals surface area contributed by atoms with Gasteiger partial charge in [0, 0.05) is 24.7 Å². The van der Waals surface area contributed by atoms with Gasteiger partial charge in [-0.15, -0.1) is 0 Å². The van der Waals surface area contributed by atoms with E-state index in [4.69, 9.17) is 4.74 Å². The van der Waals surface area contributed by atoms with Crippen molar-refractivity contribution in [3.8, 4) is 11.5 Å². The Kier molecular flexibility index (Phi) is 8.83. The van der Waals surface area contributed by atoms with E-state index in [1.807, 2.05) is 31.2 Å². The Labute approximate surface area is 232 Å². The van der Waals surface area contributed by atoms with Gasteiger partial charge in [-0.25, -0.2) is 4.39 Å². The lowest BCUT2D eigenvalue weighted by Crippen LogP contribution is -2.45. The maximum Gasteiger partial charge on any atom is 0.271 e. The van der Waals surface area contributed by atoms with Gasteiger partial charge in [0.15, 0.2) is 0 Å². The molecule has 0 saturated carbocycles. The molecule has 0 saturated heterocycles. The molecule has 4 rings (SSSR count). The zero-order valence-electron chi connectivity index (χ0n) is 23.0. The molecule has 208 valence electrons. The number of H-pyrrole nitrogens is 1. The molecule has 0 aliphatic carbocycles. The predicted molar refractivity (Wildman–Crippen MR) is 153 cm³/mol. The highest BCUT2D eigenvalue weighted by Crippen LogP contribution is 2.25. The van der Waals surface area contributed by atoms with Crippen LogP contribution in [0.1, 0.15) is 42.7 Å². The molecule has 0 atom stereocenters. The van der Waals surface area contributed by atoms with Crippen molar-refractivity contribution < 1.29 is 23.5 Å². The minimum atomic E-state index is -0.587. The summed E-state index contributed by atoms with van der Waals surface area (Å²) >= 11 is 0. The summed E-state index contributed by atoms with van der Waals surface area (Å²) in [5.41, 5.74) is 2.00. The first-order chi connectivity index (χ1) is 19.1. The SMILES string of the molecule is CCN(C)C(=O)CN(CC(=O)Nc1ccc(Oc2ccc(C(C)C)cc2)cc1)C(=O)c1cc2cccc(F)c2[nH]1. The number of ether oxygens (including phenoxy) is 1. The van der Waals surface area contributed by atoms with Gasteiger partial charge in [-0.05, 0) is 66.9 Å². The van der Waals surface area contributed by atoms with Gasteiger partial charge in [0.2, 0.25) is 11.8 Å². The third kappa shape index (κ3) is 6.85. The van der Waals surface area contributed by atoms with Crippen LogP contribution in [0.25, 0.3) is 10.9 Å². The number of nitrogens with zero attached hydrogens (tertiary/aromatic N) is 2. The van der Waals surface area contributed by atoms with Crippen molar-refractivity contribution in [1.29, 1.82) is 0 Å². The molecule has 0 aliphatic heterocycles. The van der Waals surface area contributed by atoms with Crippen LogP contribution in [0.3, 0.4) is 0 Å². The fourth-order valence-corrected chi connectivity index (χ4v) is 4.10. The number of rotatable bonds is 10. The number of aromatic nitrogens is 1. The number of amides is 3. The first-order valence-corrected chi connectivity index (χ1v) is 13.1. The molecule has 1 heterocycles. The second kappa shape index (κ2) is 12.5. The highest BCUT2D eigenvalue weighted by Gasteiger charge is 2.24. The third-order valence-electron chi connectivity index (χ3n) is 6.60. The Morgan fingerprint density at radius 3 is 2.20 bits per heavy atom. The monoisotopic (exact) mass is 544 g/mol. The van der Waals surface area contributed by atoms with E-state index < -0.39 is 17.6 Å². The molecule has 1 aromatic heterocycles. The van der Waals surface area contributed by atoms with Crippen LogP contribution >= 0.6 is 0 Å². The number of hydrogen-bond acceptors (Lipinski definition) is 4. The molecular weight excluding hydrogens is 511 g/mol. The summed E-state index contributed by atoms with van der Waals surface area (Å²) in [6, 6.07) is 20.7. The average molecular weight is 545 g/mol. The minimum absolute atomic E-state index is 0.0859. The fraction of sp³-hybridized carbons (Fsp3) is 0.258. The second-order valence-electron chi connectivity index (χ2n) is 9.85. The van der Waals surface area contributed by atoms with E-state index in [-0.39, 0.29) is 30.2 Å². The molecule has 9 heteroatoms. The van der Waals surface area contributed by atoms with Gasteiger partial charge in [0.05, 0.1) is 5.52 Å². The van der Waals surface area contributed by atoms with Crippen LogP contribution in [0, 0.1) is 5.82 Å². The molecule has 3 amide bonds. The maximum absolute atomic E-state index is 14.2. The lowest BCUT2D eigenvalue weighted by molar-refractivity contribution is -0.130. The van der Waals surface area contributed by atoms with Crippen molar-refractivity contribution >= 4 is 34.3 Å². The molecule has 0 unspecified atom stereocenters. The normalized spacial score (nSPS) is 10.9. The summed E-state index contributed by atoms with van der Waals surface area (Å²) in [5, 5.41) is 3.28. The molecule has 40 heavy (non-hydrogen) atoms. The number of para-hydroxylation sites is 1. The van der Waals surface area contributed by atoms with E-state index in [2.05, 4.69) is 24.1 Å². The van der Waals surface area contributed by atoms with Crippen molar-refractivity contribution in [3.63, 3.8) is 0 Å². The average Bonchev–Trinajstić information content (AvgIpc) is 3.39. The molecule has 0 fully saturated rings. The number of aromatic amines is 1. The zero-order chi connectivity index (χ0) is 28.8. The highest BCUT2D eigenvalue weighted by atomic mass is 19.1. The predicted octanol–water partition coefficient (Wildman–Crippen LogP) is 5.78. The molecule has 3 aromatic carbocycles. The Balaban J connectivity index is 1.44. The van der Waals surface area contributed by atoms with Crippen LogP contribution in [0.2, 0.25) is 0 Å². The van der Waals surface area contributed by atoms with E-state index in [0.717, 1.165) is 4.90 Å². The van der Waals surface area contributed by atoms with Gasteiger partial charge in [-0.1, -0.05) is 38.1 Å². The molecule has 4 aromatic rings. The van der Waals surface area contributed by atoms with Gasteiger partial charge in [-0.2, -0.15) is 0 Å². The summed E-state index contributed by atoms with van der Waals surface area (Å²) in [7, 11) is 1.62. The number of anilines is 1.